The van der Waals surface area contributed by atoms with E-state index in [2.05, 4.69) is 303 Å². The third kappa shape index (κ3) is 8.24. The summed E-state index contributed by atoms with van der Waals surface area (Å²) in [6.45, 7) is -4.25. The van der Waals surface area contributed by atoms with Crippen LogP contribution in [-0.4, -0.2) is 34.5 Å². The van der Waals surface area contributed by atoms with Gasteiger partial charge < -0.3 is 0 Å². The zero-order valence-electron chi connectivity index (χ0n) is 37.6. The Morgan fingerprint density at radius 3 is 0.706 bits per heavy atom. The van der Waals surface area contributed by atoms with Gasteiger partial charge >= 0.3 is 418 Å². The average molecular weight is 1070 g/mol. The number of hydrogen-bond donors (Lipinski definition) is 0. The molecule has 11 rings (SSSR count). The Labute approximate surface area is 414 Å². The SMILES string of the molecule is c1ccc(P(c2ccccc2)[As]2C(=P(c3ccccc3)(c3ccccc3)c3ccccc3)[As](P(c3ccccc3)c3ccccc3)C2[P+](c2ccccc2)(c2ccccc2)c2ccccc2)cc1. The molecule has 0 radical (unpaired) electrons. The second-order valence-corrected chi connectivity index (χ2v) is 50.2. The van der Waals surface area contributed by atoms with Crippen molar-refractivity contribution in [2.24, 2.45) is 0 Å². The fourth-order valence-corrected chi connectivity index (χ4v) is 113. The van der Waals surface area contributed by atoms with Gasteiger partial charge in [-0.3, -0.25) is 0 Å². The van der Waals surface area contributed by atoms with Gasteiger partial charge in [-0.15, -0.1) is 0 Å². The van der Waals surface area contributed by atoms with E-state index in [-0.39, 0.29) is 0 Å². The summed E-state index contributed by atoms with van der Waals surface area (Å²) in [7, 11) is -2.48. The van der Waals surface area contributed by atoms with Crippen molar-refractivity contribution >= 4 is 111 Å². The van der Waals surface area contributed by atoms with Gasteiger partial charge in [0, 0.05) is 0 Å². The second-order valence-electron chi connectivity index (χ2n) is 16.7. The first-order valence-corrected chi connectivity index (χ1v) is 38.5. The molecule has 0 N–H and O–H groups in total. The van der Waals surface area contributed by atoms with Crippen LogP contribution in [-0.2, 0) is 0 Å². The fourth-order valence-electron chi connectivity index (χ4n) is 10.0. The van der Waals surface area contributed by atoms with E-state index in [1.165, 1.54) is 53.0 Å². The molecule has 0 amide bonds. The van der Waals surface area contributed by atoms with Crippen LogP contribution in [0.1, 0.15) is 0 Å². The van der Waals surface area contributed by atoms with Crippen LogP contribution in [0.15, 0.2) is 303 Å². The standard InChI is InChI=1S/C62H51As2P4/c1-11-31-51(32-12-1)65(52-33-13-2-14-34-52)63-61(67(55-39-19-5-20-40-55,56-41-21-6-22-42-56)57-43-23-7-24-44-57)64(66(53-35-15-3-16-36-53)54-37-17-4-18-38-54)62(63)68(58-45-25-8-26-46-58,59-47-27-9-28-48-59)60-49-29-10-30-50-60/h1-50,61H/q+1. The maximum atomic E-state index is 2.53. The summed E-state index contributed by atoms with van der Waals surface area (Å²) in [6.07, 6.45) is 0. The first-order valence-electron chi connectivity index (χ1n) is 23.2. The van der Waals surface area contributed by atoms with E-state index in [4.69, 9.17) is 0 Å². The molecule has 1 fully saturated rings. The van der Waals surface area contributed by atoms with Gasteiger partial charge in [-0.1, -0.05) is 0 Å². The summed E-state index contributed by atoms with van der Waals surface area (Å²) in [5.41, 5.74) is 0. The van der Waals surface area contributed by atoms with E-state index in [1.807, 2.05) is 2.87 Å². The van der Waals surface area contributed by atoms with Gasteiger partial charge in [-0.05, 0) is 0 Å². The first kappa shape index (κ1) is 45.4. The van der Waals surface area contributed by atoms with Gasteiger partial charge in [0.2, 0.25) is 0 Å². The first-order chi connectivity index (χ1) is 33.8. The van der Waals surface area contributed by atoms with Crippen LogP contribution in [0.5, 0.6) is 0 Å². The van der Waals surface area contributed by atoms with Crippen LogP contribution >= 0.6 is 27.1 Å². The van der Waals surface area contributed by atoms with Gasteiger partial charge in [-0.2, -0.15) is 0 Å². The van der Waals surface area contributed by atoms with Crippen molar-refractivity contribution in [1.82, 2.24) is 0 Å². The summed E-state index contributed by atoms with van der Waals surface area (Å²) in [5, 5.41) is 15.0. The Hall–Kier alpha value is -5.09. The average Bonchev–Trinajstić information content (AvgIpc) is 3.43. The van der Waals surface area contributed by atoms with Crippen LogP contribution < -0.4 is 53.0 Å². The Balaban J connectivity index is 1.43. The molecule has 0 aliphatic carbocycles. The molecule has 1 aliphatic rings. The molecule has 0 bridgehead atoms. The van der Waals surface area contributed by atoms with E-state index in [0.717, 1.165) is 0 Å². The summed E-state index contributed by atoms with van der Waals surface area (Å²) in [6, 6.07) is 119. The normalized spacial score (nSPS) is 16.0. The van der Waals surface area contributed by atoms with Crippen molar-refractivity contribution < 1.29 is 0 Å². The summed E-state index contributed by atoms with van der Waals surface area (Å²) < 4.78 is 2.48. The van der Waals surface area contributed by atoms with Crippen molar-refractivity contribution in [2.45, 2.75) is 3.23 Å². The molecule has 2 atom stereocenters. The number of hydrogen-bond acceptors (Lipinski definition) is 0. The molecule has 1 aliphatic heterocycles. The van der Waals surface area contributed by atoms with E-state index in [1.54, 1.807) is 0 Å². The molecule has 0 aromatic heterocycles. The number of benzene rings is 10. The van der Waals surface area contributed by atoms with Crippen molar-refractivity contribution in [1.29, 1.82) is 0 Å². The van der Waals surface area contributed by atoms with Gasteiger partial charge in [0.05, 0.1) is 0 Å². The van der Waals surface area contributed by atoms with Crippen molar-refractivity contribution in [3.05, 3.63) is 303 Å². The van der Waals surface area contributed by atoms with E-state index >= 15 is 0 Å². The monoisotopic (exact) mass is 1070 g/mol. The third-order valence-electron chi connectivity index (χ3n) is 12.8. The second kappa shape index (κ2) is 20.9. The molecule has 2 unspecified atom stereocenters. The number of rotatable bonds is 13. The fraction of sp³-hybridized carbons (Fsp3) is 0.0161. The van der Waals surface area contributed by atoms with Crippen LogP contribution in [0, 0.1) is 0 Å². The Bertz CT molecular complexity index is 2850. The van der Waals surface area contributed by atoms with Crippen LogP contribution in [0.4, 0.5) is 0 Å². The topological polar surface area (TPSA) is 0 Å². The van der Waals surface area contributed by atoms with E-state index in [0.29, 0.717) is 3.23 Å². The zero-order valence-corrected chi connectivity index (χ0v) is 45.0. The molecule has 1 heterocycles. The van der Waals surface area contributed by atoms with Gasteiger partial charge in [0.25, 0.3) is 0 Å². The zero-order chi connectivity index (χ0) is 45.6. The maximum absolute atomic E-state index is 2.54. The minimum atomic E-state index is -2.54. The molecule has 0 nitrogen and oxygen atoms in total. The predicted molar refractivity (Wildman–Crippen MR) is 309 cm³/mol. The van der Waals surface area contributed by atoms with Crippen molar-refractivity contribution in [2.75, 3.05) is 0 Å². The molecular weight excluding hydrogens is 1020 g/mol. The van der Waals surface area contributed by atoms with Gasteiger partial charge in [0.1, 0.15) is 0 Å². The van der Waals surface area contributed by atoms with Crippen molar-refractivity contribution in [3.63, 3.8) is 0 Å². The Morgan fingerprint density at radius 1 is 0.265 bits per heavy atom. The molecule has 328 valence electrons. The molecule has 1 saturated heterocycles. The predicted octanol–water partition coefficient (Wildman–Crippen LogP) is 10.9. The quantitative estimate of drug-likeness (QED) is 0.0797. The summed E-state index contributed by atoms with van der Waals surface area (Å²) in [4.78, 5) is 0. The summed E-state index contributed by atoms with van der Waals surface area (Å²) in [5.74, 6) is 0. The van der Waals surface area contributed by atoms with Crippen LogP contribution in [0.2, 0.25) is 0 Å². The van der Waals surface area contributed by atoms with Gasteiger partial charge in [0.15, 0.2) is 0 Å². The van der Waals surface area contributed by atoms with Crippen molar-refractivity contribution in [3.8, 4) is 0 Å². The molecule has 10 aromatic rings. The van der Waals surface area contributed by atoms with E-state index < -0.39 is 55.5 Å². The van der Waals surface area contributed by atoms with Crippen LogP contribution in [0.25, 0.3) is 0 Å². The molecule has 0 spiro atoms. The van der Waals surface area contributed by atoms with Gasteiger partial charge in [-0.25, -0.2) is 0 Å². The third-order valence-corrected chi connectivity index (χ3v) is 77.7. The van der Waals surface area contributed by atoms with E-state index in [9.17, 15) is 0 Å². The summed E-state index contributed by atoms with van der Waals surface area (Å²) >= 11 is -4.78. The molecule has 6 heteroatoms. The Morgan fingerprint density at radius 2 is 0.471 bits per heavy atom. The Kier molecular flexibility index (Phi) is 13.9. The van der Waals surface area contributed by atoms with Crippen LogP contribution in [0.3, 0.4) is 0 Å². The minimum absolute atomic E-state index is 0.471. The molecule has 0 saturated carbocycles. The molecule has 68 heavy (non-hydrogen) atoms. The molecule has 10 aromatic carbocycles. The molecular formula is C62H51As2P4+.